The number of hydrogen-bond acceptors (Lipinski definition) is 1. The van der Waals surface area contributed by atoms with Crippen LogP contribution in [0.15, 0.2) is 18.2 Å². The van der Waals surface area contributed by atoms with E-state index in [1.165, 1.54) is 6.07 Å². The molecule has 14 heavy (non-hydrogen) atoms. The summed E-state index contributed by atoms with van der Waals surface area (Å²) in [6.07, 6.45) is 0.632. The Morgan fingerprint density at radius 1 is 1.36 bits per heavy atom. The summed E-state index contributed by atoms with van der Waals surface area (Å²) in [5.74, 6) is -2.00. The molecule has 1 aliphatic rings. The first-order valence-electron chi connectivity index (χ1n) is 4.24. The Bertz CT molecular complexity index is 392. The molecule has 2 atom stereocenters. The molecule has 1 nitrogen and oxygen atoms in total. The van der Waals surface area contributed by atoms with Crippen LogP contribution in [0.1, 0.15) is 17.9 Å². The quantitative estimate of drug-likeness (QED) is 0.695. The van der Waals surface area contributed by atoms with E-state index in [0.717, 1.165) is 12.1 Å². The predicted molar refractivity (Wildman–Crippen MR) is 48.1 cm³/mol. The van der Waals surface area contributed by atoms with Crippen LogP contribution in [0, 0.1) is 17.6 Å². The third-order valence-corrected chi connectivity index (χ3v) is 2.73. The van der Waals surface area contributed by atoms with Crippen LogP contribution in [-0.4, -0.2) is 5.24 Å². The van der Waals surface area contributed by atoms with Crippen LogP contribution < -0.4 is 0 Å². The number of hydrogen-bond donors (Lipinski definition) is 0. The standard InChI is InChI=1S/C10H7ClF2O/c11-10(14)7-4-6(7)5-1-2-8(12)9(13)3-5/h1-3,6-7H,4H2/t6-,7+/m0/s1. The first kappa shape index (κ1) is 9.59. The first-order chi connectivity index (χ1) is 6.59. The topological polar surface area (TPSA) is 17.1 Å². The molecule has 1 aliphatic carbocycles. The lowest BCUT2D eigenvalue weighted by Gasteiger charge is -1.99. The highest BCUT2D eigenvalue weighted by Gasteiger charge is 2.43. The van der Waals surface area contributed by atoms with Crippen LogP contribution in [-0.2, 0) is 4.79 Å². The Morgan fingerprint density at radius 3 is 2.57 bits per heavy atom. The molecular formula is C10H7ClF2O. The minimum absolute atomic E-state index is 0.0323. The lowest BCUT2D eigenvalue weighted by Crippen LogP contribution is -1.93. The SMILES string of the molecule is O=C(Cl)[C@@H]1C[C@H]1c1ccc(F)c(F)c1. The van der Waals surface area contributed by atoms with Gasteiger partial charge in [0, 0.05) is 5.92 Å². The summed E-state index contributed by atoms with van der Waals surface area (Å²) in [6, 6.07) is 3.68. The van der Waals surface area contributed by atoms with Gasteiger partial charge in [0.25, 0.3) is 0 Å². The van der Waals surface area contributed by atoms with E-state index in [0.29, 0.717) is 12.0 Å². The second kappa shape index (κ2) is 3.31. The van der Waals surface area contributed by atoms with Crippen molar-refractivity contribution in [1.82, 2.24) is 0 Å². The van der Waals surface area contributed by atoms with Gasteiger partial charge in [-0.2, -0.15) is 0 Å². The summed E-state index contributed by atoms with van der Waals surface area (Å²) in [7, 11) is 0. The summed E-state index contributed by atoms with van der Waals surface area (Å²) in [4.78, 5) is 10.7. The molecule has 0 saturated heterocycles. The molecule has 1 fully saturated rings. The zero-order valence-electron chi connectivity index (χ0n) is 7.14. The molecule has 0 aliphatic heterocycles. The third-order valence-electron chi connectivity index (χ3n) is 2.45. The maximum absolute atomic E-state index is 12.8. The van der Waals surface area contributed by atoms with E-state index in [1.54, 1.807) is 0 Å². The van der Waals surface area contributed by atoms with Crippen molar-refractivity contribution in [2.75, 3.05) is 0 Å². The molecule has 2 rings (SSSR count). The predicted octanol–water partition coefficient (Wildman–Crippen LogP) is 2.83. The number of rotatable bonds is 2. The Balaban J connectivity index is 2.20. The van der Waals surface area contributed by atoms with Crippen LogP contribution in [0.4, 0.5) is 8.78 Å². The van der Waals surface area contributed by atoms with Crippen LogP contribution in [0.5, 0.6) is 0 Å². The fraction of sp³-hybridized carbons (Fsp3) is 0.300. The molecule has 4 heteroatoms. The van der Waals surface area contributed by atoms with E-state index >= 15 is 0 Å². The zero-order valence-corrected chi connectivity index (χ0v) is 7.89. The van der Waals surface area contributed by atoms with Crippen LogP contribution in [0.25, 0.3) is 0 Å². The third kappa shape index (κ3) is 1.64. The van der Waals surface area contributed by atoms with Gasteiger partial charge in [-0.3, -0.25) is 4.79 Å². The van der Waals surface area contributed by atoms with Crippen molar-refractivity contribution in [3.63, 3.8) is 0 Å². The fourth-order valence-electron chi connectivity index (χ4n) is 1.56. The van der Waals surface area contributed by atoms with Gasteiger partial charge < -0.3 is 0 Å². The molecule has 0 N–H and O–H groups in total. The summed E-state index contributed by atoms with van der Waals surface area (Å²) >= 11 is 5.28. The minimum Gasteiger partial charge on any atom is -0.281 e. The summed E-state index contributed by atoms with van der Waals surface area (Å²) < 4.78 is 25.4. The molecule has 1 aromatic carbocycles. The molecule has 0 spiro atoms. The normalized spacial score (nSPS) is 24.8. The molecule has 74 valence electrons. The molecule has 1 aromatic rings. The van der Waals surface area contributed by atoms with Crippen molar-refractivity contribution in [1.29, 1.82) is 0 Å². The highest BCUT2D eigenvalue weighted by atomic mass is 35.5. The van der Waals surface area contributed by atoms with Gasteiger partial charge in [0.15, 0.2) is 11.6 Å². The average Bonchev–Trinajstić information content (AvgIpc) is 2.89. The smallest absolute Gasteiger partial charge is 0.225 e. The molecule has 0 aromatic heterocycles. The highest BCUT2D eigenvalue weighted by Crippen LogP contribution is 2.48. The van der Waals surface area contributed by atoms with Crippen molar-refractivity contribution in [2.24, 2.45) is 5.92 Å². The average molecular weight is 217 g/mol. The van der Waals surface area contributed by atoms with E-state index in [-0.39, 0.29) is 11.8 Å². The molecule has 0 heterocycles. The van der Waals surface area contributed by atoms with E-state index in [9.17, 15) is 13.6 Å². The Labute approximate surface area is 84.7 Å². The van der Waals surface area contributed by atoms with E-state index < -0.39 is 16.9 Å². The largest absolute Gasteiger partial charge is 0.281 e. The minimum atomic E-state index is -0.879. The first-order valence-corrected chi connectivity index (χ1v) is 4.61. The fourth-order valence-corrected chi connectivity index (χ4v) is 1.80. The van der Waals surface area contributed by atoms with Gasteiger partial charge in [0.2, 0.25) is 5.24 Å². The maximum Gasteiger partial charge on any atom is 0.225 e. The molecular weight excluding hydrogens is 210 g/mol. The van der Waals surface area contributed by atoms with E-state index in [4.69, 9.17) is 11.6 Å². The monoisotopic (exact) mass is 216 g/mol. The van der Waals surface area contributed by atoms with Gasteiger partial charge in [-0.15, -0.1) is 0 Å². The van der Waals surface area contributed by atoms with Gasteiger partial charge in [0.05, 0.1) is 0 Å². The van der Waals surface area contributed by atoms with Gasteiger partial charge in [0.1, 0.15) is 0 Å². The van der Waals surface area contributed by atoms with Crippen molar-refractivity contribution < 1.29 is 13.6 Å². The number of carbonyl (C=O) groups excluding carboxylic acids is 1. The number of benzene rings is 1. The lowest BCUT2D eigenvalue weighted by atomic mass is 10.1. The second-order valence-corrected chi connectivity index (χ2v) is 3.80. The van der Waals surface area contributed by atoms with Crippen LogP contribution >= 0.6 is 11.6 Å². The van der Waals surface area contributed by atoms with Crippen molar-refractivity contribution in [2.45, 2.75) is 12.3 Å². The Hall–Kier alpha value is -0.960. The number of halogens is 3. The zero-order chi connectivity index (χ0) is 10.3. The molecule has 0 amide bonds. The molecule has 1 saturated carbocycles. The van der Waals surface area contributed by atoms with Gasteiger partial charge >= 0.3 is 0 Å². The molecule has 0 radical (unpaired) electrons. The van der Waals surface area contributed by atoms with Crippen molar-refractivity contribution in [3.05, 3.63) is 35.4 Å². The maximum atomic E-state index is 12.8. The second-order valence-electron chi connectivity index (χ2n) is 3.43. The van der Waals surface area contributed by atoms with Crippen LogP contribution in [0.3, 0.4) is 0 Å². The molecule has 0 unspecified atom stereocenters. The summed E-state index contributed by atoms with van der Waals surface area (Å²) in [5, 5.41) is -0.403. The number of carbonyl (C=O) groups is 1. The van der Waals surface area contributed by atoms with Crippen molar-refractivity contribution >= 4 is 16.8 Å². The van der Waals surface area contributed by atoms with Gasteiger partial charge in [-0.25, -0.2) is 8.78 Å². The van der Waals surface area contributed by atoms with Crippen molar-refractivity contribution in [3.8, 4) is 0 Å². The Kier molecular flexibility index (Phi) is 2.27. The lowest BCUT2D eigenvalue weighted by molar-refractivity contribution is -0.112. The van der Waals surface area contributed by atoms with Crippen LogP contribution in [0.2, 0.25) is 0 Å². The summed E-state index contributed by atoms with van der Waals surface area (Å²) in [6.45, 7) is 0. The highest BCUT2D eigenvalue weighted by molar-refractivity contribution is 6.64. The van der Waals surface area contributed by atoms with Gasteiger partial charge in [-0.05, 0) is 41.6 Å². The van der Waals surface area contributed by atoms with E-state index in [1.807, 2.05) is 0 Å². The Morgan fingerprint density at radius 2 is 2.07 bits per heavy atom. The van der Waals surface area contributed by atoms with Gasteiger partial charge in [-0.1, -0.05) is 6.07 Å². The van der Waals surface area contributed by atoms with E-state index in [2.05, 4.69) is 0 Å². The molecule has 0 bridgehead atoms. The summed E-state index contributed by atoms with van der Waals surface area (Å²) in [5.41, 5.74) is 0.642.